The Morgan fingerprint density at radius 3 is 2.13 bits per heavy atom. The van der Waals surface area contributed by atoms with Gasteiger partial charge in [0.2, 0.25) is 5.78 Å². The second kappa shape index (κ2) is 5.18. The summed E-state index contributed by atoms with van der Waals surface area (Å²) in [5.41, 5.74) is 1.03. The Morgan fingerprint density at radius 1 is 0.783 bits per heavy atom. The van der Waals surface area contributed by atoms with E-state index in [4.69, 9.17) is 0 Å². The van der Waals surface area contributed by atoms with Crippen LogP contribution in [-0.2, 0) is 10.8 Å². The molecular weight excluding hydrogens is 308 g/mol. The zero-order valence-corrected chi connectivity index (χ0v) is 12.8. The maximum atomic E-state index is 12.8. The summed E-state index contributed by atoms with van der Waals surface area (Å²) >= 11 is 0. The standard InChI is InChI=1S/C19H12O3S/c20-17-14-10-4-6-12-7-5-11-15(16(12)14)18(21)19(17)23(22)13-8-2-1-3-9-13/h1-11,20H. The van der Waals surface area contributed by atoms with Crippen molar-refractivity contribution in [2.24, 2.45) is 0 Å². The van der Waals surface area contributed by atoms with Gasteiger partial charge in [-0.25, -0.2) is 4.21 Å². The highest BCUT2D eigenvalue weighted by Gasteiger charge is 2.31. The Balaban J connectivity index is 2.00. The van der Waals surface area contributed by atoms with Gasteiger partial charge in [0.15, 0.2) is 0 Å². The molecule has 0 aromatic heterocycles. The average molecular weight is 320 g/mol. The van der Waals surface area contributed by atoms with Gasteiger partial charge in [-0.2, -0.15) is 0 Å². The number of hydrogen-bond donors (Lipinski definition) is 1. The van der Waals surface area contributed by atoms with E-state index in [1.165, 1.54) is 0 Å². The lowest BCUT2D eigenvalue weighted by Gasteiger charge is -2.19. The summed E-state index contributed by atoms with van der Waals surface area (Å²) in [6, 6.07) is 19.5. The Hall–Kier alpha value is -2.72. The number of rotatable bonds is 2. The number of aliphatic hydroxyl groups excluding tert-OH is 1. The third-order valence-electron chi connectivity index (χ3n) is 3.97. The maximum absolute atomic E-state index is 12.8. The smallest absolute Gasteiger partial charge is 0.206 e. The molecule has 0 heterocycles. The van der Waals surface area contributed by atoms with Crippen LogP contribution in [0.25, 0.3) is 16.5 Å². The molecule has 3 aromatic carbocycles. The molecule has 0 spiro atoms. The van der Waals surface area contributed by atoms with Crippen LogP contribution in [0.4, 0.5) is 0 Å². The van der Waals surface area contributed by atoms with Gasteiger partial charge in [0.1, 0.15) is 10.7 Å². The Morgan fingerprint density at radius 2 is 1.43 bits per heavy atom. The van der Waals surface area contributed by atoms with Crippen molar-refractivity contribution in [3.63, 3.8) is 0 Å². The lowest BCUT2D eigenvalue weighted by atomic mass is 9.91. The second-order valence-corrected chi connectivity index (χ2v) is 6.72. The number of carbonyl (C=O) groups is 1. The molecule has 0 bridgehead atoms. The normalized spacial score (nSPS) is 15.0. The van der Waals surface area contributed by atoms with E-state index in [9.17, 15) is 14.1 Å². The zero-order valence-electron chi connectivity index (χ0n) is 12.0. The van der Waals surface area contributed by atoms with Gasteiger partial charge in [0.05, 0.1) is 10.8 Å². The fourth-order valence-corrected chi connectivity index (χ4v) is 4.12. The van der Waals surface area contributed by atoms with Gasteiger partial charge in [0.25, 0.3) is 0 Å². The van der Waals surface area contributed by atoms with Gasteiger partial charge in [-0.15, -0.1) is 0 Å². The molecule has 4 heteroatoms. The van der Waals surface area contributed by atoms with Crippen LogP contribution in [-0.4, -0.2) is 15.1 Å². The number of ketones is 1. The quantitative estimate of drug-likeness (QED) is 0.774. The fraction of sp³-hybridized carbons (Fsp3) is 0. The summed E-state index contributed by atoms with van der Waals surface area (Å²) in [7, 11) is -1.73. The van der Waals surface area contributed by atoms with Crippen molar-refractivity contribution in [2.75, 3.05) is 0 Å². The van der Waals surface area contributed by atoms with Gasteiger partial charge in [-0.1, -0.05) is 54.6 Å². The molecule has 112 valence electrons. The van der Waals surface area contributed by atoms with E-state index in [0.717, 1.165) is 5.39 Å². The van der Waals surface area contributed by atoms with Crippen LogP contribution in [0.3, 0.4) is 0 Å². The number of carbonyl (C=O) groups excluding carboxylic acids is 1. The van der Waals surface area contributed by atoms with Crippen LogP contribution < -0.4 is 0 Å². The largest absolute Gasteiger partial charge is 0.506 e. The summed E-state index contributed by atoms with van der Waals surface area (Å²) in [6.07, 6.45) is 0. The molecule has 1 aliphatic rings. The minimum atomic E-state index is -1.73. The lowest BCUT2D eigenvalue weighted by Crippen LogP contribution is -2.16. The molecule has 3 aromatic rings. The molecule has 0 fully saturated rings. The van der Waals surface area contributed by atoms with Gasteiger partial charge in [0, 0.05) is 21.4 Å². The molecular formula is C19H12O3S. The minimum absolute atomic E-state index is 0.0533. The molecule has 0 saturated heterocycles. The molecule has 1 unspecified atom stereocenters. The molecule has 1 atom stereocenters. The SMILES string of the molecule is O=C1C(S(=O)c2ccccc2)=C(O)c2cccc3cccc1c23. The van der Waals surface area contributed by atoms with Crippen LogP contribution in [0.1, 0.15) is 15.9 Å². The molecule has 0 radical (unpaired) electrons. The van der Waals surface area contributed by atoms with Crippen molar-refractivity contribution in [1.29, 1.82) is 0 Å². The highest BCUT2D eigenvalue weighted by Crippen LogP contribution is 2.37. The summed E-state index contributed by atoms with van der Waals surface area (Å²) < 4.78 is 12.8. The summed E-state index contributed by atoms with van der Waals surface area (Å²) in [6.45, 7) is 0. The van der Waals surface area contributed by atoms with E-state index in [-0.39, 0.29) is 16.4 Å². The number of allylic oxidation sites excluding steroid dienone is 1. The van der Waals surface area contributed by atoms with E-state index in [0.29, 0.717) is 21.4 Å². The van der Waals surface area contributed by atoms with Gasteiger partial charge < -0.3 is 5.11 Å². The first kappa shape index (κ1) is 13.9. The summed E-state index contributed by atoms with van der Waals surface area (Å²) in [5, 5.41) is 12.2. The van der Waals surface area contributed by atoms with E-state index in [1.807, 2.05) is 24.3 Å². The van der Waals surface area contributed by atoms with Gasteiger partial charge in [-0.3, -0.25) is 4.79 Å². The van der Waals surface area contributed by atoms with Gasteiger partial charge in [-0.05, 0) is 17.5 Å². The Kier molecular flexibility index (Phi) is 3.13. The van der Waals surface area contributed by atoms with E-state index < -0.39 is 10.8 Å². The first-order valence-electron chi connectivity index (χ1n) is 7.15. The monoisotopic (exact) mass is 320 g/mol. The molecule has 4 rings (SSSR count). The minimum Gasteiger partial charge on any atom is -0.506 e. The van der Waals surface area contributed by atoms with Crippen LogP contribution in [0.15, 0.2) is 76.5 Å². The molecule has 23 heavy (non-hydrogen) atoms. The highest BCUT2D eigenvalue weighted by molar-refractivity contribution is 7.90. The number of Topliss-reactive ketones (excluding diaryl/α,β-unsaturated/α-hetero) is 1. The van der Waals surface area contributed by atoms with Crippen molar-refractivity contribution in [2.45, 2.75) is 4.90 Å². The van der Waals surface area contributed by atoms with E-state index >= 15 is 0 Å². The Bertz CT molecular complexity index is 998. The van der Waals surface area contributed by atoms with Crippen LogP contribution in [0.2, 0.25) is 0 Å². The van der Waals surface area contributed by atoms with Gasteiger partial charge >= 0.3 is 0 Å². The van der Waals surface area contributed by atoms with Crippen molar-refractivity contribution in [3.05, 3.63) is 82.8 Å². The predicted molar refractivity (Wildman–Crippen MR) is 90.7 cm³/mol. The number of aliphatic hydroxyl groups is 1. The predicted octanol–water partition coefficient (Wildman–Crippen LogP) is 4.07. The van der Waals surface area contributed by atoms with E-state index in [2.05, 4.69) is 0 Å². The first-order valence-corrected chi connectivity index (χ1v) is 8.30. The number of hydrogen-bond acceptors (Lipinski definition) is 3. The molecule has 1 aliphatic carbocycles. The van der Waals surface area contributed by atoms with Crippen molar-refractivity contribution in [3.8, 4) is 0 Å². The second-order valence-electron chi connectivity index (χ2n) is 5.30. The fourth-order valence-electron chi connectivity index (χ4n) is 2.91. The van der Waals surface area contributed by atoms with Crippen molar-refractivity contribution >= 4 is 33.1 Å². The third-order valence-corrected chi connectivity index (χ3v) is 5.42. The topological polar surface area (TPSA) is 54.4 Å². The zero-order chi connectivity index (χ0) is 16.0. The molecule has 0 amide bonds. The van der Waals surface area contributed by atoms with E-state index in [1.54, 1.807) is 42.5 Å². The molecule has 3 nitrogen and oxygen atoms in total. The summed E-state index contributed by atoms with van der Waals surface area (Å²) in [5.74, 6) is -0.574. The van der Waals surface area contributed by atoms with Crippen LogP contribution in [0, 0.1) is 0 Å². The van der Waals surface area contributed by atoms with Crippen molar-refractivity contribution < 1.29 is 14.1 Å². The van der Waals surface area contributed by atoms with Crippen LogP contribution in [0.5, 0.6) is 0 Å². The lowest BCUT2D eigenvalue weighted by molar-refractivity contribution is 0.104. The van der Waals surface area contributed by atoms with Crippen LogP contribution >= 0.6 is 0 Å². The Labute approximate surface area is 135 Å². The first-order chi connectivity index (χ1) is 11.2. The summed E-state index contributed by atoms with van der Waals surface area (Å²) in [4.78, 5) is 13.3. The molecule has 0 aliphatic heterocycles. The number of benzene rings is 3. The average Bonchev–Trinajstić information content (AvgIpc) is 2.60. The molecule has 1 N–H and O–H groups in total. The highest BCUT2D eigenvalue weighted by atomic mass is 32.2. The van der Waals surface area contributed by atoms with Crippen molar-refractivity contribution in [1.82, 2.24) is 0 Å². The third kappa shape index (κ3) is 2.03. The maximum Gasteiger partial charge on any atom is 0.206 e. The molecule has 0 saturated carbocycles.